The predicted octanol–water partition coefficient (Wildman–Crippen LogP) is 3.57. The van der Waals surface area contributed by atoms with Crippen molar-refractivity contribution in [3.63, 3.8) is 0 Å². The Labute approximate surface area is 155 Å². The minimum atomic E-state index is -0.257. The van der Waals surface area contributed by atoms with Crippen molar-refractivity contribution in [3.05, 3.63) is 29.3 Å². The van der Waals surface area contributed by atoms with Crippen molar-refractivity contribution in [1.29, 1.82) is 0 Å². The molecule has 0 heterocycles. The predicted molar refractivity (Wildman–Crippen MR) is 99.9 cm³/mol. The lowest BCUT2D eigenvalue weighted by atomic mass is 9.55. The summed E-state index contributed by atoms with van der Waals surface area (Å²) in [6.45, 7) is 4.69. The Balaban J connectivity index is 1.59. The smallest absolute Gasteiger partial charge is 0.220 e. The zero-order valence-electron chi connectivity index (χ0n) is 15.8. The van der Waals surface area contributed by atoms with Crippen molar-refractivity contribution in [2.24, 2.45) is 23.2 Å². The van der Waals surface area contributed by atoms with Gasteiger partial charge in [-0.05, 0) is 80.0 Å². The summed E-state index contributed by atoms with van der Waals surface area (Å²) in [5, 5.41) is 12.6. The second-order valence-electron chi connectivity index (χ2n) is 8.71. The summed E-state index contributed by atoms with van der Waals surface area (Å²) in [6, 6.07) is 5.80. The molecule has 2 fully saturated rings. The number of hydrogen-bond donors (Lipinski definition) is 2. The van der Waals surface area contributed by atoms with Crippen molar-refractivity contribution in [2.75, 3.05) is 6.54 Å². The molecule has 4 nitrogen and oxygen atoms in total. The second kappa shape index (κ2) is 6.40. The maximum atomic E-state index is 13.2. The SMILES string of the molecule is CCNC(=O)CC1CC2C3CCc4cc(O)ccc4C3CC[C@]2(C)C1=O. The molecule has 4 heteroatoms. The number of ketones is 1. The van der Waals surface area contributed by atoms with Gasteiger partial charge in [-0.25, -0.2) is 0 Å². The molecule has 2 N–H and O–H groups in total. The number of rotatable bonds is 3. The van der Waals surface area contributed by atoms with Gasteiger partial charge in [0.05, 0.1) is 0 Å². The second-order valence-corrected chi connectivity index (χ2v) is 8.71. The highest BCUT2D eigenvalue weighted by molar-refractivity contribution is 5.93. The standard InChI is InChI=1S/C22H29NO3/c1-3-23-20(25)12-14-11-19-18-6-4-13-10-15(24)5-7-16(13)17(18)8-9-22(19,2)21(14)26/h5,7,10,14,17-19,24H,3-4,6,8-9,11-12H2,1-2H3,(H,23,25)/t14?,17?,18?,19?,22-/m0/s1. The number of aromatic hydroxyl groups is 1. The summed E-state index contributed by atoms with van der Waals surface area (Å²) >= 11 is 0. The van der Waals surface area contributed by atoms with Crippen LogP contribution in [0.25, 0.3) is 0 Å². The Bertz CT molecular complexity index is 743. The molecule has 4 unspecified atom stereocenters. The van der Waals surface area contributed by atoms with E-state index in [0.29, 0.717) is 42.3 Å². The largest absolute Gasteiger partial charge is 0.508 e. The highest BCUT2D eigenvalue weighted by atomic mass is 16.3. The number of carbonyl (C=O) groups excluding carboxylic acids is 2. The quantitative estimate of drug-likeness (QED) is 0.871. The van der Waals surface area contributed by atoms with Crippen LogP contribution in [0.1, 0.15) is 63.0 Å². The van der Waals surface area contributed by atoms with Crippen LogP contribution < -0.4 is 5.32 Å². The van der Waals surface area contributed by atoms with E-state index >= 15 is 0 Å². The van der Waals surface area contributed by atoms with Gasteiger partial charge >= 0.3 is 0 Å². The third-order valence-corrected chi connectivity index (χ3v) is 7.38. The lowest BCUT2D eigenvalue weighted by Crippen LogP contribution is -2.42. The van der Waals surface area contributed by atoms with Crippen LogP contribution >= 0.6 is 0 Å². The van der Waals surface area contributed by atoms with Gasteiger partial charge in [0.2, 0.25) is 5.91 Å². The monoisotopic (exact) mass is 355 g/mol. The van der Waals surface area contributed by atoms with Gasteiger partial charge < -0.3 is 10.4 Å². The Hall–Kier alpha value is -1.84. The fourth-order valence-electron chi connectivity index (χ4n) is 6.18. The third kappa shape index (κ3) is 2.65. The first-order chi connectivity index (χ1) is 12.4. The molecule has 140 valence electrons. The fourth-order valence-corrected chi connectivity index (χ4v) is 6.18. The van der Waals surface area contributed by atoms with E-state index < -0.39 is 0 Å². The van der Waals surface area contributed by atoms with Crippen LogP contribution in [0, 0.1) is 23.2 Å². The normalized spacial score (nSPS) is 35.4. The highest BCUT2D eigenvalue weighted by Gasteiger charge is 2.58. The zero-order valence-corrected chi connectivity index (χ0v) is 15.8. The first-order valence-electron chi connectivity index (χ1n) is 10.1. The summed E-state index contributed by atoms with van der Waals surface area (Å²) in [6.07, 6.45) is 5.23. The molecule has 3 aliphatic carbocycles. The number of fused-ring (bicyclic) bond motifs is 5. The maximum Gasteiger partial charge on any atom is 0.220 e. The summed E-state index contributed by atoms with van der Waals surface area (Å²) < 4.78 is 0. The van der Waals surface area contributed by atoms with E-state index in [0.717, 1.165) is 32.1 Å². The first kappa shape index (κ1) is 17.6. The van der Waals surface area contributed by atoms with E-state index in [1.807, 2.05) is 13.0 Å². The van der Waals surface area contributed by atoms with Gasteiger partial charge in [0.1, 0.15) is 11.5 Å². The van der Waals surface area contributed by atoms with E-state index in [2.05, 4.69) is 18.3 Å². The Morgan fingerprint density at radius 1 is 1.35 bits per heavy atom. The molecular formula is C22H29NO3. The van der Waals surface area contributed by atoms with E-state index in [4.69, 9.17) is 0 Å². The average Bonchev–Trinajstić information content (AvgIpc) is 2.86. The molecule has 1 aromatic carbocycles. The number of nitrogens with one attached hydrogen (secondary N) is 1. The van der Waals surface area contributed by atoms with Crippen LogP contribution in [-0.4, -0.2) is 23.3 Å². The van der Waals surface area contributed by atoms with Crippen molar-refractivity contribution in [1.82, 2.24) is 5.32 Å². The number of carbonyl (C=O) groups is 2. The first-order valence-corrected chi connectivity index (χ1v) is 10.1. The molecule has 0 radical (unpaired) electrons. The van der Waals surface area contributed by atoms with Gasteiger partial charge in [0, 0.05) is 24.3 Å². The number of amides is 1. The van der Waals surface area contributed by atoms with Gasteiger partial charge in [-0.2, -0.15) is 0 Å². The Morgan fingerprint density at radius 2 is 2.15 bits per heavy atom. The molecule has 1 amide bonds. The lowest BCUT2D eigenvalue weighted by Gasteiger charge is -2.48. The average molecular weight is 355 g/mol. The molecule has 26 heavy (non-hydrogen) atoms. The van der Waals surface area contributed by atoms with Gasteiger partial charge in [-0.15, -0.1) is 0 Å². The number of benzene rings is 1. The Morgan fingerprint density at radius 3 is 2.92 bits per heavy atom. The lowest BCUT2D eigenvalue weighted by molar-refractivity contribution is -0.134. The summed E-state index contributed by atoms with van der Waals surface area (Å²) in [4.78, 5) is 25.2. The molecule has 0 bridgehead atoms. The van der Waals surface area contributed by atoms with E-state index in [1.165, 1.54) is 11.1 Å². The number of Topliss-reactive ketones (excluding diaryl/α,β-unsaturated/α-hetero) is 1. The summed E-state index contributed by atoms with van der Waals surface area (Å²) in [5.41, 5.74) is 2.39. The van der Waals surface area contributed by atoms with Crippen LogP contribution in [-0.2, 0) is 16.0 Å². The molecule has 0 aromatic heterocycles. The van der Waals surface area contributed by atoms with Crippen LogP contribution in [0.4, 0.5) is 0 Å². The number of aryl methyl sites for hydroxylation is 1. The van der Waals surface area contributed by atoms with Gasteiger partial charge in [-0.1, -0.05) is 13.0 Å². The molecule has 0 aliphatic heterocycles. The van der Waals surface area contributed by atoms with Crippen LogP contribution in [0.2, 0.25) is 0 Å². The number of phenols is 1. The van der Waals surface area contributed by atoms with E-state index in [9.17, 15) is 14.7 Å². The third-order valence-electron chi connectivity index (χ3n) is 7.38. The molecule has 3 aliphatic rings. The Kier molecular flexibility index (Phi) is 4.32. The van der Waals surface area contributed by atoms with Crippen molar-refractivity contribution in [3.8, 4) is 5.75 Å². The molecule has 0 saturated heterocycles. The van der Waals surface area contributed by atoms with Crippen LogP contribution in [0.15, 0.2) is 18.2 Å². The van der Waals surface area contributed by atoms with E-state index in [-0.39, 0.29) is 17.2 Å². The van der Waals surface area contributed by atoms with Gasteiger partial charge in [0.25, 0.3) is 0 Å². The van der Waals surface area contributed by atoms with Crippen molar-refractivity contribution < 1.29 is 14.7 Å². The minimum Gasteiger partial charge on any atom is -0.508 e. The number of phenolic OH excluding ortho intramolecular Hbond substituents is 1. The topological polar surface area (TPSA) is 66.4 Å². The molecule has 5 atom stereocenters. The molecule has 1 aromatic rings. The molecular weight excluding hydrogens is 326 g/mol. The van der Waals surface area contributed by atoms with Crippen molar-refractivity contribution in [2.45, 2.75) is 58.3 Å². The van der Waals surface area contributed by atoms with Gasteiger partial charge in [0.15, 0.2) is 0 Å². The van der Waals surface area contributed by atoms with Crippen LogP contribution in [0.5, 0.6) is 5.75 Å². The van der Waals surface area contributed by atoms with E-state index in [1.54, 1.807) is 6.07 Å². The summed E-state index contributed by atoms with van der Waals surface area (Å²) in [5.74, 6) is 1.97. The highest BCUT2D eigenvalue weighted by Crippen LogP contribution is 2.61. The maximum absolute atomic E-state index is 13.2. The number of hydrogen-bond acceptors (Lipinski definition) is 3. The zero-order chi connectivity index (χ0) is 18.5. The van der Waals surface area contributed by atoms with Gasteiger partial charge in [-0.3, -0.25) is 9.59 Å². The molecule has 2 saturated carbocycles. The minimum absolute atomic E-state index is 0.00844. The molecule has 4 rings (SSSR count). The fraction of sp³-hybridized carbons (Fsp3) is 0.636. The van der Waals surface area contributed by atoms with Crippen LogP contribution in [0.3, 0.4) is 0 Å². The van der Waals surface area contributed by atoms with Crippen molar-refractivity contribution >= 4 is 11.7 Å². The molecule has 0 spiro atoms. The summed E-state index contributed by atoms with van der Waals surface area (Å²) in [7, 11) is 0.